The smallest absolute Gasteiger partial charge is 0.322 e. The molecule has 1 heterocycles. The topological polar surface area (TPSA) is 73.5 Å². The maximum Gasteiger partial charge on any atom is 0.322 e. The molecule has 1 aromatic rings. The van der Waals surface area contributed by atoms with Crippen molar-refractivity contribution in [3.05, 3.63) is 28.8 Å². The van der Waals surface area contributed by atoms with Gasteiger partial charge in [0.1, 0.15) is 6.04 Å². The zero-order chi connectivity index (χ0) is 15.4. The lowest BCUT2D eigenvalue weighted by molar-refractivity contribution is -0.125. The van der Waals surface area contributed by atoms with Gasteiger partial charge in [-0.05, 0) is 24.6 Å². The van der Waals surface area contributed by atoms with Gasteiger partial charge in [-0.15, -0.1) is 0 Å². The van der Waals surface area contributed by atoms with Gasteiger partial charge in [0.25, 0.3) is 0 Å². The van der Waals surface area contributed by atoms with Gasteiger partial charge < -0.3 is 20.9 Å². The van der Waals surface area contributed by atoms with Gasteiger partial charge in [0.15, 0.2) is 0 Å². The average Bonchev–Trinajstić information content (AvgIpc) is 2.50. The second kappa shape index (κ2) is 6.78. The van der Waals surface area contributed by atoms with Crippen LogP contribution in [0.1, 0.15) is 5.56 Å². The van der Waals surface area contributed by atoms with E-state index in [1.54, 1.807) is 19.2 Å². The predicted molar refractivity (Wildman–Crippen MR) is 82.6 cm³/mol. The number of urea groups is 1. The Bertz CT molecular complexity index is 550. The molecule has 1 fully saturated rings. The van der Waals surface area contributed by atoms with E-state index < -0.39 is 6.04 Å². The molecule has 1 unspecified atom stereocenters. The van der Waals surface area contributed by atoms with Gasteiger partial charge in [-0.1, -0.05) is 17.7 Å². The van der Waals surface area contributed by atoms with Crippen molar-refractivity contribution in [1.29, 1.82) is 0 Å². The molecule has 0 bridgehead atoms. The third-order valence-electron chi connectivity index (χ3n) is 3.48. The van der Waals surface area contributed by atoms with Crippen molar-refractivity contribution in [2.24, 2.45) is 0 Å². The Balaban J connectivity index is 2.10. The van der Waals surface area contributed by atoms with E-state index in [1.165, 1.54) is 4.90 Å². The largest absolute Gasteiger partial charge is 0.357 e. The normalized spacial score (nSPS) is 18.2. The quantitative estimate of drug-likeness (QED) is 0.768. The van der Waals surface area contributed by atoms with Gasteiger partial charge in [0, 0.05) is 37.4 Å². The number of benzene rings is 1. The number of amides is 3. The van der Waals surface area contributed by atoms with Gasteiger partial charge in [0.2, 0.25) is 5.91 Å². The second-order valence-corrected chi connectivity index (χ2v) is 5.33. The molecular weight excluding hydrogens is 292 g/mol. The first-order valence-electron chi connectivity index (χ1n) is 6.79. The lowest BCUT2D eigenvalue weighted by Gasteiger charge is -2.34. The number of hydrogen-bond donors (Lipinski definition) is 3. The first-order valence-corrected chi connectivity index (χ1v) is 7.17. The van der Waals surface area contributed by atoms with E-state index in [4.69, 9.17) is 11.6 Å². The fourth-order valence-corrected chi connectivity index (χ4v) is 2.39. The number of likely N-dealkylation sites (N-methyl/N-ethyl adjacent to an activating group) is 1. The van der Waals surface area contributed by atoms with E-state index in [-0.39, 0.29) is 11.9 Å². The summed E-state index contributed by atoms with van der Waals surface area (Å²) >= 11 is 6.05. The molecule has 21 heavy (non-hydrogen) atoms. The monoisotopic (exact) mass is 310 g/mol. The summed E-state index contributed by atoms with van der Waals surface area (Å²) in [7, 11) is 1.56. The van der Waals surface area contributed by atoms with Gasteiger partial charge in [0.05, 0.1) is 0 Å². The number of hydrogen-bond acceptors (Lipinski definition) is 3. The van der Waals surface area contributed by atoms with Crippen LogP contribution in [0.5, 0.6) is 0 Å². The number of aryl methyl sites for hydroxylation is 1. The Hall–Kier alpha value is -1.79. The molecular formula is C14H19ClN4O2. The first kappa shape index (κ1) is 15.6. The molecule has 1 aliphatic rings. The summed E-state index contributed by atoms with van der Waals surface area (Å²) in [5.41, 5.74) is 1.56. The lowest BCUT2D eigenvalue weighted by atomic mass is 10.2. The molecule has 3 N–H and O–H groups in total. The number of rotatable bonds is 2. The van der Waals surface area contributed by atoms with E-state index in [9.17, 15) is 9.59 Å². The zero-order valence-electron chi connectivity index (χ0n) is 12.1. The highest BCUT2D eigenvalue weighted by Crippen LogP contribution is 2.20. The van der Waals surface area contributed by atoms with Crippen molar-refractivity contribution >= 4 is 29.2 Å². The molecule has 1 atom stereocenters. The zero-order valence-corrected chi connectivity index (χ0v) is 12.8. The molecule has 0 aromatic heterocycles. The van der Waals surface area contributed by atoms with Gasteiger partial charge in [-0.25, -0.2) is 4.79 Å². The SMILES string of the molecule is CNC(=O)C1CNCCN1C(=O)Nc1ccc(C)c(Cl)c1. The summed E-state index contributed by atoms with van der Waals surface area (Å²) in [5, 5.41) is 9.07. The molecule has 3 amide bonds. The fourth-order valence-electron chi connectivity index (χ4n) is 2.21. The Morgan fingerprint density at radius 1 is 1.43 bits per heavy atom. The van der Waals surface area contributed by atoms with Crippen molar-refractivity contribution in [3.8, 4) is 0 Å². The van der Waals surface area contributed by atoms with Crippen LogP contribution in [-0.4, -0.2) is 49.6 Å². The van der Waals surface area contributed by atoms with Crippen LogP contribution in [0.25, 0.3) is 0 Å². The van der Waals surface area contributed by atoms with Crippen LogP contribution < -0.4 is 16.0 Å². The highest BCUT2D eigenvalue weighted by Gasteiger charge is 2.31. The highest BCUT2D eigenvalue weighted by atomic mass is 35.5. The van der Waals surface area contributed by atoms with Gasteiger partial charge in [-0.2, -0.15) is 0 Å². The van der Waals surface area contributed by atoms with Crippen LogP contribution in [-0.2, 0) is 4.79 Å². The van der Waals surface area contributed by atoms with Crippen LogP contribution in [0.2, 0.25) is 5.02 Å². The summed E-state index contributed by atoms with van der Waals surface area (Å²) in [5.74, 6) is -0.181. The molecule has 114 valence electrons. The lowest BCUT2D eigenvalue weighted by Crippen LogP contribution is -2.60. The summed E-state index contributed by atoms with van der Waals surface area (Å²) in [6.45, 7) is 3.48. The van der Waals surface area contributed by atoms with Crippen molar-refractivity contribution < 1.29 is 9.59 Å². The number of carbonyl (C=O) groups is 2. The molecule has 6 nitrogen and oxygen atoms in total. The van der Waals surface area contributed by atoms with Gasteiger partial charge in [-0.3, -0.25) is 4.79 Å². The standard InChI is InChI=1S/C14H19ClN4O2/c1-9-3-4-10(7-11(9)15)18-14(21)19-6-5-17-8-12(19)13(20)16-2/h3-4,7,12,17H,5-6,8H2,1-2H3,(H,16,20)(H,18,21). The van der Waals surface area contributed by atoms with E-state index in [0.717, 1.165) is 5.56 Å². The van der Waals surface area contributed by atoms with Crippen molar-refractivity contribution in [2.75, 3.05) is 32.0 Å². The van der Waals surface area contributed by atoms with Gasteiger partial charge >= 0.3 is 6.03 Å². The van der Waals surface area contributed by atoms with E-state index in [0.29, 0.717) is 30.3 Å². The van der Waals surface area contributed by atoms with Crippen LogP contribution in [0.15, 0.2) is 18.2 Å². The third-order valence-corrected chi connectivity index (χ3v) is 3.88. The molecule has 1 aromatic carbocycles. The molecule has 1 aliphatic heterocycles. The summed E-state index contributed by atoms with van der Waals surface area (Å²) in [6.07, 6.45) is 0. The molecule has 0 spiro atoms. The molecule has 2 rings (SSSR count). The number of nitrogens with one attached hydrogen (secondary N) is 3. The number of carbonyl (C=O) groups excluding carboxylic acids is 2. The van der Waals surface area contributed by atoms with E-state index in [2.05, 4.69) is 16.0 Å². The average molecular weight is 311 g/mol. The van der Waals surface area contributed by atoms with E-state index >= 15 is 0 Å². The minimum Gasteiger partial charge on any atom is -0.357 e. The molecule has 7 heteroatoms. The fraction of sp³-hybridized carbons (Fsp3) is 0.429. The minimum atomic E-state index is -0.510. The van der Waals surface area contributed by atoms with Crippen LogP contribution in [0.4, 0.5) is 10.5 Å². The Labute approximate surface area is 128 Å². The molecule has 0 aliphatic carbocycles. The summed E-state index contributed by atoms with van der Waals surface area (Å²) in [4.78, 5) is 25.7. The van der Waals surface area contributed by atoms with Crippen molar-refractivity contribution in [3.63, 3.8) is 0 Å². The predicted octanol–water partition coefficient (Wildman–Crippen LogP) is 1.20. The van der Waals surface area contributed by atoms with Crippen molar-refractivity contribution in [2.45, 2.75) is 13.0 Å². The third kappa shape index (κ3) is 3.65. The molecule has 1 saturated heterocycles. The number of nitrogens with zero attached hydrogens (tertiary/aromatic N) is 1. The van der Waals surface area contributed by atoms with Crippen LogP contribution in [0.3, 0.4) is 0 Å². The molecule has 0 saturated carbocycles. The Kier molecular flexibility index (Phi) is 5.03. The second-order valence-electron chi connectivity index (χ2n) is 4.92. The van der Waals surface area contributed by atoms with Crippen LogP contribution >= 0.6 is 11.6 Å². The van der Waals surface area contributed by atoms with Crippen molar-refractivity contribution in [1.82, 2.24) is 15.5 Å². The number of piperazine rings is 1. The maximum absolute atomic E-state index is 12.4. The first-order chi connectivity index (χ1) is 10.0. The van der Waals surface area contributed by atoms with Crippen LogP contribution in [0, 0.1) is 6.92 Å². The Morgan fingerprint density at radius 2 is 2.19 bits per heavy atom. The Morgan fingerprint density at radius 3 is 2.86 bits per heavy atom. The highest BCUT2D eigenvalue weighted by molar-refractivity contribution is 6.31. The van der Waals surface area contributed by atoms with E-state index in [1.807, 2.05) is 13.0 Å². The minimum absolute atomic E-state index is 0.181. The molecule has 0 radical (unpaired) electrons. The maximum atomic E-state index is 12.4. The number of anilines is 1. The number of halogens is 1. The summed E-state index contributed by atoms with van der Waals surface area (Å²) in [6, 6.07) is 4.52. The summed E-state index contributed by atoms with van der Waals surface area (Å²) < 4.78 is 0.